The van der Waals surface area contributed by atoms with E-state index in [-0.39, 0.29) is 5.78 Å². The molecule has 0 bridgehead atoms. The predicted molar refractivity (Wildman–Crippen MR) is 73.8 cm³/mol. The van der Waals surface area contributed by atoms with Gasteiger partial charge in [0.1, 0.15) is 5.75 Å². The molecule has 0 aliphatic heterocycles. The van der Waals surface area contributed by atoms with Crippen LogP contribution in [0.15, 0.2) is 18.2 Å². The molecule has 0 saturated heterocycles. The molecule has 2 nitrogen and oxygen atoms in total. The van der Waals surface area contributed by atoms with E-state index in [1.165, 1.54) is 0 Å². The SMILES string of the molecule is O=C1CCCc2cc(OCCCCCCl)ccc21. The van der Waals surface area contributed by atoms with Crippen molar-refractivity contribution >= 4 is 17.4 Å². The molecule has 18 heavy (non-hydrogen) atoms. The zero-order chi connectivity index (χ0) is 12.8. The molecular formula is C15H19ClO2. The van der Waals surface area contributed by atoms with Crippen molar-refractivity contribution < 1.29 is 9.53 Å². The van der Waals surface area contributed by atoms with Gasteiger partial charge in [-0.2, -0.15) is 0 Å². The number of hydrogen-bond acceptors (Lipinski definition) is 2. The Morgan fingerprint density at radius 3 is 2.89 bits per heavy atom. The first-order chi connectivity index (χ1) is 8.81. The number of carbonyl (C=O) groups excluding carboxylic acids is 1. The summed E-state index contributed by atoms with van der Waals surface area (Å²) < 4.78 is 5.70. The maximum Gasteiger partial charge on any atom is 0.163 e. The van der Waals surface area contributed by atoms with Crippen LogP contribution in [0.2, 0.25) is 0 Å². The minimum Gasteiger partial charge on any atom is -0.494 e. The highest BCUT2D eigenvalue weighted by Gasteiger charge is 2.17. The Balaban J connectivity index is 1.88. The molecule has 1 aliphatic rings. The number of unbranched alkanes of at least 4 members (excludes halogenated alkanes) is 2. The maximum atomic E-state index is 11.7. The predicted octanol–water partition coefficient (Wildman–Crippen LogP) is 3.99. The number of alkyl halides is 1. The Morgan fingerprint density at radius 1 is 1.17 bits per heavy atom. The third kappa shape index (κ3) is 3.49. The van der Waals surface area contributed by atoms with Crippen molar-refractivity contribution in [1.29, 1.82) is 0 Å². The number of ether oxygens (including phenoxy) is 1. The van der Waals surface area contributed by atoms with E-state index >= 15 is 0 Å². The van der Waals surface area contributed by atoms with E-state index in [4.69, 9.17) is 16.3 Å². The molecular weight excluding hydrogens is 248 g/mol. The van der Waals surface area contributed by atoms with E-state index < -0.39 is 0 Å². The third-order valence-electron chi connectivity index (χ3n) is 3.27. The lowest BCUT2D eigenvalue weighted by atomic mass is 9.90. The summed E-state index contributed by atoms with van der Waals surface area (Å²) in [5, 5.41) is 0. The van der Waals surface area contributed by atoms with E-state index in [0.717, 1.165) is 61.5 Å². The van der Waals surface area contributed by atoms with Gasteiger partial charge in [-0.25, -0.2) is 0 Å². The zero-order valence-corrected chi connectivity index (χ0v) is 11.3. The minimum atomic E-state index is 0.268. The summed E-state index contributed by atoms with van der Waals surface area (Å²) >= 11 is 5.62. The fourth-order valence-electron chi connectivity index (χ4n) is 2.28. The Morgan fingerprint density at radius 2 is 2.06 bits per heavy atom. The molecule has 0 radical (unpaired) electrons. The van der Waals surface area contributed by atoms with Crippen LogP contribution in [0.25, 0.3) is 0 Å². The molecule has 0 aromatic heterocycles. The van der Waals surface area contributed by atoms with E-state index in [9.17, 15) is 4.79 Å². The number of aryl methyl sites for hydroxylation is 1. The molecule has 2 rings (SSSR count). The van der Waals surface area contributed by atoms with Crippen LogP contribution < -0.4 is 4.74 Å². The Bertz CT molecular complexity index is 415. The van der Waals surface area contributed by atoms with Crippen molar-refractivity contribution in [3.05, 3.63) is 29.3 Å². The molecule has 0 N–H and O–H groups in total. The van der Waals surface area contributed by atoms with Gasteiger partial charge in [-0.3, -0.25) is 4.79 Å². The standard InChI is InChI=1S/C15H19ClO2/c16-9-2-1-3-10-18-13-7-8-14-12(11-13)5-4-6-15(14)17/h7-8,11H,1-6,9-10H2. The monoisotopic (exact) mass is 266 g/mol. The summed E-state index contributed by atoms with van der Waals surface area (Å²) in [6.07, 6.45) is 5.82. The first-order valence-electron chi connectivity index (χ1n) is 6.66. The van der Waals surface area contributed by atoms with Gasteiger partial charge in [0.2, 0.25) is 0 Å². The molecule has 0 fully saturated rings. The van der Waals surface area contributed by atoms with Crippen LogP contribution >= 0.6 is 11.6 Å². The summed E-state index contributed by atoms with van der Waals surface area (Å²) in [5.41, 5.74) is 2.03. The summed E-state index contributed by atoms with van der Waals surface area (Å²) in [6.45, 7) is 0.726. The molecule has 1 aliphatic carbocycles. The first kappa shape index (κ1) is 13.4. The molecule has 0 saturated carbocycles. The number of benzene rings is 1. The maximum absolute atomic E-state index is 11.7. The largest absolute Gasteiger partial charge is 0.494 e. The highest BCUT2D eigenvalue weighted by atomic mass is 35.5. The second kappa shape index (κ2) is 6.79. The number of carbonyl (C=O) groups is 1. The van der Waals surface area contributed by atoms with Gasteiger partial charge in [0, 0.05) is 17.9 Å². The van der Waals surface area contributed by atoms with Crippen molar-refractivity contribution in [3.8, 4) is 5.75 Å². The van der Waals surface area contributed by atoms with E-state index in [0.29, 0.717) is 6.42 Å². The number of hydrogen-bond donors (Lipinski definition) is 0. The van der Waals surface area contributed by atoms with Crippen molar-refractivity contribution in [2.45, 2.75) is 38.5 Å². The summed E-state index contributed by atoms with van der Waals surface area (Å²) in [6, 6.07) is 5.84. The fraction of sp³-hybridized carbons (Fsp3) is 0.533. The van der Waals surface area contributed by atoms with Crippen LogP contribution in [0, 0.1) is 0 Å². The van der Waals surface area contributed by atoms with Crippen LogP contribution in [0.4, 0.5) is 0 Å². The molecule has 0 unspecified atom stereocenters. The summed E-state index contributed by atoms with van der Waals surface area (Å²) in [5.74, 6) is 1.88. The Labute approximate surface area is 113 Å². The molecule has 1 aromatic rings. The first-order valence-corrected chi connectivity index (χ1v) is 7.19. The Kier molecular flexibility index (Phi) is 5.06. The molecule has 0 spiro atoms. The zero-order valence-electron chi connectivity index (χ0n) is 10.6. The van der Waals surface area contributed by atoms with Crippen molar-refractivity contribution in [1.82, 2.24) is 0 Å². The van der Waals surface area contributed by atoms with Gasteiger partial charge in [0.15, 0.2) is 5.78 Å². The van der Waals surface area contributed by atoms with E-state index in [1.807, 2.05) is 18.2 Å². The highest BCUT2D eigenvalue weighted by Crippen LogP contribution is 2.25. The summed E-state index contributed by atoms with van der Waals surface area (Å²) in [4.78, 5) is 11.7. The second-order valence-electron chi connectivity index (χ2n) is 4.69. The highest BCUT2D eigenvalue weighted by molar-refractivity contribution is 6.17. The van der Waals surface area contributed by atoms with Crippen LogP contribution in [-0.4, -0.2) is 18.3 Å². The van der Waals surface area contributed by atoms with Crippen molar-refractivity contribution in [2.24, 2.45) is 0 Å². The van der Waals surface area contributed by atoms with Crippen LogP contribution in [0.5, 0.6) is 5.75 Å². The molecule has 0 atom stereocenters. The van der Waals surface area contributed by atoms with Gasteiger partial charge >= 0.3 is 0 Å². The van der Waals surface area contributed by atoms with E-state index in [2.05, 4.69) is 0 Å². The molecule has 3 heteroatoms. The summed E-state index contributed by atoms with van der Waals surface area (Å²) in [7, 11) is 0. The fourth-order valence-corrected chi connectivity index (χ4v) is 2.47. The van der Waals surface area contributed by atoms with Crippen LogP contribution in [0.3, 0.4) is 0 Å². The van der Waals surface area contributed by atoms with Gasteiger partial charge in [-0.1, -0.05) is 0 Å². The van der Waals surface area contributed by atoms with E-state index in [1.54, 1.807) is 0 Å². The molecule has 1 aromatic carbocycles. The van der Waals surface area contributed by atoms with Crippen molar-refractivity contribution in [2.75, 3.05) is 12.5 Å². The minimum absolute atomic E-state index is 0.268. The second-order valence-corrected chi connectivity index (χ2v) is 5.07. The molecule has 0 amide bonds. The van der Waals surface area contributed by atoms with Crippen molar-refractivity contribution in [3.63, 3.8) is 0 Å². The number of fused-ring (bicyclic) bond motifs is 1. The van der Waals surface area contributed by atoms with Crippen LogP contribution in [0.1, 0.15) is 48.0 Å². The van der Waals surface area contributed by atoms with Gasteiger partial charge in [0.25, 0.3) is 0 Å². The molecule has 0 heterocycles. The average Bonchev–Trinajstić information content (AvgIpc) is 2.39. The van der Waals surface area contributed by atoms with Crippen LogP contribution in [-0.2, 0) is 6.42 Å². The topological polar surface area (TPSA) is 26.3 Å². The third-order valence-corrected chi connectivity index (χ3v) is 3.54. The smallest absolute Gasteiger partial charge is 0.163 e. The lowest BCUT2D eigenvalue weighted by molar-refractivity contribution is 0.0972. The number of halogens is 1. The Hall–Kier alpha value is -1.02. The average molecular weight is 267 g/mol. The number of Topliss-reactive ketones (excluding diaryl/α,β-unsaturated/α-hetero) is 1. The van der Waals surface area contributed by atoms with Gasteiger partial charge in [0.05, 0.1) is 6.61 Å². The van der Waals surface area contributed by atoms with Gasteiger partial charge in [-0.05, 0) is 55.9 Å². The lowest BCUT2D eigenvalue weighted by Gasteiger charge is -2.15. The normalized spacial score (nSPS) is 14.4. The number of rotatable bonds is 6. The lowest BCUT2D eigenvalue weighted by Crippen LogP contribution is -2.10. The quantitative estimate of drug-likeness (QED) is 0.575. The van der Waals surface area contributed by atoms with Gasteiger partial charge < -0.3 is 4.74 Å². The van der Waals surface area contributed by atoms with Gasteiger partial charge in [-0.15, -0.1) is 11.6 Å². The number of ketones is 1. The molecule has 98 valence electrons.